The maximum atomic E-state index is 12.4. The van der Waals surface area contributed by atoms with Crippen molar-refractivity contribution in [3.8, 4) is 5.75 Å². The SMILES string of the molecule is CC(NC(=O)CC1Oc2ccccc2NC1=O)c1ccc2c(c1)CCC2. The molecule has 5 heteroatoms. The van der Waals surface area contributed by atoms with E-state index in [0.29, 0.717) is 11.4 Å². The van der Waals surface area contributed by atoms with E-state index < -0.39 is 6.10 Å². The minimum atomic E-state index is -0.808. The third kappa shape index (κ3) is 3.29. The summed E-state index contributed by atoms with van der Waals surface area (Å²) in [5.74, 6) is 0.109. The lowest BCUT2D eigenvalue weighted by Crippen LogP contribution is -2.41. The van der Waals surface area contributed by atoms with Crippen LogP contribution in [0.25, 0.3) is 0 Å². The lowest BCUT2D eigenvalue weighted by molar-refractivity contribution is -0.130. The van der Waals surface area contributed by atoms with Gasteiger partial charge in [0.05, 0.1) is 18.2 Å². The van der Waals surface area contributed by atoms with Crippen molar-refractivity contribution < 1.29 is 14.3 Å². The topological polar surface area (TPSA) is 67.4 Å². The van der Waals surface area contributed by atoms with Gasteiger partial charge in [0, 0.05) is 0 Å². The van der Waals surface area contributed by atoms with Crippen LogP contribution in [0.1, 0.15) is 42.5 Å². The fourth-order valence-electron chi connectivity index (χ4n) is 3.64. The molecule has 2 atom stereocenters. The number of carbonyl (C=O) groups is 2. The van der Waals surface area contributed by atoms with Crippen LogP contribution >= 0.6 is 0 Å². The summed E-state index contributed by atoms with van der Waals surface area (Å²) in [4.78, 5) is 24.6. The Bertz CT molecular complexity index is 862. The monoisotopic (exact) mass is 350 g/mol. The molecule has 0 radical (unpaired) electrons. The molecule has 0 saturated heterocycles. The molecule has 134 valence electrons. The van der Waals surface area contributed by atoms with E-state index in [1.807, 2.05) is 19.1 Å². The van der Waals surface area contributed by atoms with Crippen LogP contribution < -0.4 is 15.4 Å². The average molecular weight is 350 g/mol. The van der Waals surface area contributed by atoms with Crippen LogP contribution in [0.3, 0.4) is 0 Å². The second-order valence-corrected chi connectivity index (χ2v) is 6.97. The summed E-state index contributed by atoms with van der Waals surface area (Å²) in [6, 6.07) is 13.5. The molecular weight excluding hydrogens is 328 g/mol. The Kier molecular flexibility index (Phi) is 4.37. The van der Waals surface area contributed by atoms with Gasteiger partial charge in [-0.2, -0.15) is 0 Å². The van der Waals surface area contributed by atoms with E-state index in [4.69, 9.17) is 4.74 Å². The van der Waals surface area contributed by atoms with Crippen molar-refractivity contribution >= 4 is 17.5 Å². The highest BCUT2D eigenvalue weighted by Gasteiger charge is 2.30. The van der Waals surface area contributed by atoms with Crippen molar-refractivity contribution in [2.24, 2.45) is 0 Å². The van der Waals surface area contributed by atoms with Gasteiger partial charge in [0.2, 0.25) is 5.91 Å². The quantitative estimate of drug-likeness (QED) is 0.890. The molecule has 1 aliphatic carbocycles. The van der Waals surface area contributed by atoms with Crippen molar-refractivity contribution in [1.82, 2.24) is 5.32 Å². The number of carbonyl (C=O) groups excluding carboxylic acids is 2. The van der Waals surface area contributed by atoms with E-state index in [2.05, 4.69) is 28.8 Å². The molecule has 1 aliphatic heterocycles. The van der Waals surface area contributed by atoms with Gasteiger partial charge in [-0.25, -0.2) is 0 Å². The summed E-state index contributed by atoms with van der Waals surface area (Å²) in [7, 11) is 0. The van der Waals surface area contributed by atoms with Crippen LogP contribution in [0.4, 0.5) is 5.69 Å². The van der Waals surface area contributed by atoms with E-state index in [0.717, 1.165) is 18.4 Å². The first-order chi connectivity index (χ1) is 12.6. The minimum absolute atomic E-state index is 0.00452. The highest BCUT2D eigenvalue weighted by molar-refractivity contribution is 5.99. The Morgan fingerprint density at radius 3 is 2.92 bits per heavy atom. The number of anilines is 1. The highest BCUT2D eigenvalue weighted by atomic mass is 16.5. The van der Waals surface area contributed by atoms with Gasteiger partial charge in [0.25, 0.3) is 5.91 Å². The molecule has 2 aromatic carbocycles. The van der Waals surface area contributed by atoms with Crippen molar-refractivity contribution in [3.63, 3.8) is 0 Å². The molecule has 1 heterocycles. The zero-order chi connectivity index (χ0) is 18.1. The van der Waals surface area contributed by atoms with Gasteiger partial charge >= 0.3 is 0 Å². The third-order valence-corrected chi connectivity index (χ3v) is 5.08. The Morgan fingerprint density at radius 2 is 2.04 bits per heavy atom. The minimum Gasteiger partial charge on any atom is -0.478 e. The Hall–Kier alpha value is -2.82. The van der Waals surface area contributed by atoms with Gasteiger partial charge < -0.3 is 15.4 Å². The summed E-state index contributed by atoms with van der Waals surface area (Å²) < 4.78 is 5.69. The third-order valence-electron chi connectivity index (χ3n) is 5.08. The predicted octanol–water partition coefficient (Wildman–Crippen LogP) is 3.14. The number of amides is 2. The van der Waals surface area contributed by atoms with Crippen molar-refractivity contribution in [2.45, 2.75) is 44.8 Å². The Labute approximate surface area is 152 Å². The van der Waals surface area contributed by atoms with Gasteiger partial charge in [0.1, 0.15) is 5.75 Å². The van der Waals surface area contributed by atoms with Crippen LogP contribution in [0, 0.1) is 0 Å². The predicted molar refractivity (Wildman–Crippen MR) is 99.1 cm³/mol. The molecular formula is C21H22N2O3. The Morgan fingerprint density at radius 1 is 1.23 bits per heavy atom. The van der Waals surface area contributed by atoms with Crippen molar-refractivity contribution in [1.29, 1.82) is 0 Å². The van der Waals surface area contributed by atoms with E-state index in [1.54, 1.807) is 12.1 Å². The molecule has 0 aromatic heterocycles. The van der Waals surface area contributed by atoms with Gasteiger partial charge in [0.15, 0.2) is 6.10 Å². The molecule has 2 aromatic rings. The molecule has 2 unspecified atom stereocenters. The summed E-state index contributed by atoms with van der Waals surface area (Å²) >= 11 is 0. The molecule has 0 bridgehead atoms. The molecule has 0 fully saturated rings. The molecule has 5 nitrogen and oxygen atoms in total. The number of aryl methyl sites for hydroxylation is 2. The lowest BCUT2D eigenvalue weighted by Gasteiger charge is -2.26. The molecule has 0 saturated carbocycles. The van der Waals surface area contributed by atoms with E-state index in [1.165, 1.54) is 17.5 Å². The summed E-state index contributed by atoms with van der Waals surface area (Å²) in [5, 5.41) is 5.76. The zero-order valence-electron chi connectivity index (χ0n) is 14.7. The van der Waals surface area contributed by atoms with Crippen LogP contribution in [-0.2, 0) is 22.4 Å². The van der Waals surface area contributed by atoms with E-state index in [-0.39, 0.29) is 24.3 Å². The van der Waals surface area contributed by atoms with Crippen molar-refractivity contribution in [3.05, 3.63) is 59.2 Å². The fourth-order valence-corrected chi connectivity index (χ4v) is 3.64. The molecule has 2 N–H and O–H groups in total. The largest absolute Gasteiger partial charge is 0.478 e. The molecule has 0 spiro atoms. The fraction of sp³-hybridized carbons (Fsp3) is 0.333. The first-order valence-electron chi connectivity index (χ1n) is 9.08. The van der Waals surface area contributed by atoms with Gasteiger partial charge in [-0.1, -0.05) is 30.3 Å². The average Bonchev–Trinajstić information content (AvgIpc) is 3.10. The van der Waals surface area contributed by atoms with Gasteiger partial charge in [-0.05, 0) is 55.0 Å². The van der Waals surface area contributed by atoms with Crippen molar-refractivity contribution in [2.75, 3.05) is 5.32 Å². The van der Waals surface area contributed by atoms with Crippen LogP contribution in [0.5, 0.6) is 5.75 Å². The number of para-hydroxylation sites is 2. The zero-order valence-corrected chi connectivity index (χ0v) is 14.7. The normalized spacial score (nSPS) is 19.0. The van der Waals surface area contributed by atoms with Crippen LogP contribution in [0.15, 0.2) is 42.5 Å². The summed E-state index contributed by atoms with van der Waals surface area (Å²) in [5.41, 5.74) is 4.53. The summed E-state index contributed by atoms with van der Waals surface area (Å²) in [6.45, 7) is 1.96. The molecule has 2 aliphatic rings. The number of ether oxygens (including phenoxy) is 1. The maximum Gasteiger partial charge on any atom is 0.266 e. The first kappa shape index (κ1) is 16.6. The second-order valence-electron chi connectivity index (χ2n) is 6.97. The summed E-state index contributed by atoms with van der Waals surface area (Å²) in [6.07, 6.45) is 2.65. The van der Waals surface area contributed by atoms with Gasteiger partial charge in [-0.3, -0.25) is 9.59 Å². The van der Waals surface area contributed by atoms with E-state index in [9.17, 15) is 9.59 Å². The first-order valence-corrected chi connectivity index (χ1v) is 9.08. The molecule has 2 amide bonds. The molecule has 26 heavy (non-hydrogen) atoms. The standard InChI is InChI=1S/C21H22N2O3/c1-13(15-10-9-14-5-4-6-16(14)11-15)22-20(24)12-19-21(25)23-17-7-2-3-8-18(17)26-19/h2-3,7-11,13,19H,4-6,12H2,1H3,(H,22,24)(H,23,25). The number of hydrogen-bond donors (Lipinski definition) is 2. The number of benzene rings is 2. The number of nitrogens with one attached hydrogen (secondary N) is 2. The number of rotatable bonds is 4. The van der Waals surface area contributed by atoms with Crippen LogP contribution in [-0.4, -0.2) is 17.9 Å². The number of fused-ring (bicyclic) bond motifs is 2. The Balaban J connectivity index is 1.39. The van der Waals surface area contributed by atoms with Crippen LogP contribution in [0.2, 0.25) is 0 Å². The number of hydrogen-bond acceptors (Lipinski definition) is 3. The smallest absolute Gasteiger partial charge is 0.266 e. The highest BCUT2D eigenvalue weighted by Crippen LogP contribution is 2.30. The second kappa shape index (κ2) is 6.83. The maximum absolute atomic E-state index is 12.4. The molecule has 4 rings (SSSR count). The lowest BCUT2D eigenvalue weighted by atomic mass is 10.0. The van der Waals surface area contributed by atoms with E-state index >= 15 is 0 Å². The van der Waals surface area contributed by atoms with Gasteiger partial charge in [-0.15, -0.1) is 0 Å².